The van der Waals surface area contributed by atoms with E-state index >= 15 is 0 Å². The molecule has 0 unspecified atom stereocenters. The second kappa shape index (κ2) is 5.21. The van der Waals surface area contributed by atoms with Gasteiger partial charge in [0.1, 0.15) is 0 Å². The second-order valence-corrected chi connectivity index (χ2v) is 6.09. The number of hydrogen-bond donors (Lipinski definition) is 1. The average Bonchev–Trinajstić information content (AvgIpc) is 2.70. The summed E-state index contributed by atoms with van der Waals surface area (Å²) in [6, 6.07) is 9.11. The van der Waals surface area contributed by atoms with Gasteiger partial charge in [0.15, 0.2) is 0 Å². The first-order valence-electron chi connectivity index (χ1n) is 4.89. The number of halogens is 2. The van der Waals surface area contributed by atoms with Crippen molar-refractivity contribution in [3.63, 3.8) is 0 Å². The molecule has 1 aromatic carbocycles. The van der Waals surface area contributed by atoms with E-state index in [0.29, 0.717) is 9.21 Å². The number of aryl methyl sites for hydroxylation is 1. The van der Waals surface area contributed by atoms with Crippen molar-refractivity contribution in [1.29, 1.82) is 0 Å². The smallest absolute Gasteiger partial charge is 0.265 e. The number of thiophene rings is 1. The summed E-state index contributed by atoms with van der Waals surface area (Å²) >= 11 is 10.5. The molecule has 0 aliphatic carbocycles. The Balaban J connectivity index is 2.15. The van der Waals surface area contributed by atoms with E-state index in [1.807, 2.05) is 25.1 Å². The SMILES string of the molecule is Cc1cc(NC(=O)c2ccc(Cl)s2)ccc1Br. The van der Waals surface area contributed by atoms with Gasteiger partial charge < -0.3 is 5.32 Å². The summed E-state index contributed by atoms with van der Waals surface area (Å²) in [6.07, 6.45) is 0. The van der Waals surface area contributed by atoms with Gasteiger partial charge in [-0.05, 0) is 42.8 Å². The molecule has 0 fully saturated rings. The quantitative estimate of drug-likeness (QED) is 0.847. The van der Waals surface area contributed by atoms with E-state index in [4.69, 9.17) is 11.6 Å². The molecule has 17 heavy (non-hydrogen) atoms. The zero-order valence-corrected chi connectivity index (χ0v) is 12.1. The first kappa shape index (κ1) is 12.6. The molecular formula is C12H9BrClNOS. The van der Waals surface area contributed by atoms with E-state index in [-0.39, 0.29) is 5.91 Å². The zero-order chi connectivity index (χ0) is 12.4. The summed E-state index contributed by atoms with van der Waals surface area (Å²) in [5.74, 6) is -0.136. The van der Waals surface area contributed by atoms with Crippen LogP contribution < -0.4 is 5.32 Å². The van der Waals surface area contributed by atoms with Crippen LogP contribution in [0.4, 0.5) is 5.69 Å². The van der Waals surface area contributed by atoms with Crippen LogP contribution in [0.2, 0.25) is 4.34 Å². The molecule has 2 rings (SSSR count). The number of anilines is 1. The van der Waals surface area contributed by atoms with Gasteiger partial charge in [0.2, 0.25) is 0 Å². The summed E-state index contributed by atoms with van der Waals surface area (Å²) in [4.78, 5) is 12.5. The van der Waals surface area contributed by atoms with Crippen LogP contribution in [-0.4, -0.2) is 5.91 Å². The fraction of sp³-hybridized carbons (Fsp3) is 0.0833. The van der Waals surface area contributed by atoms with E-state index < -0.39 is 0 Å². The van der Waals surface area contributed by atoms with Crippen LogP contribution in [-0.2, 0) is 0 Å². The fourth-order valence-corrected chi connectivity index (χ4v) is 2.54. The number of amides is 1. The van der Waals surface area contributed by atoms with Crippen LogP contribution >= 0.6 is 38.9 Å². The molecule has 0 aliphatic heterocycles. The zero-order valence-electron chi connectivity index (χ0n) is 8.96. The first-order valence-corrected chi connectivity index (χ1v) is 6.88. The maximum atomic E-state index is 11.9. The summed E-state index contributed by atoms with van der Waals surface area (Å²) in [5.41, 5.74) is 1.85. The van der Waals surface area contributed by atoms with Crippen LogP contribution in [0.5, 0.6) is 0 Å². The summed E-state index contributed by atoms with van der Waals surface area (Å²) in [5, 5.41) is 2.83. The van der Waals surface area contributed by atoms with Crippen molar-refractivity contribution in [3.8, 4) is 0 Å². The molecule has 1 N–H and O–H groups in total. The molecule has 1 amide bonds. The Morgan fingerprint density at radius 2 is 2.12 bits per heavy atom. The predicted octanol–water partition coefficient (Wildman–Crippen LogP) is 4.72. The molecule has 2 aromatic rings. The maximum Gasteiger partial charge on any atom is 0.265 e. The lowest BCUT2D eigenvalue weighted by Gasteiger charge is -2.05. The van der Waals surface area contributed by atoms with Gasteiger partial charge in [-0.3, -0.25) is 4.79 Å². The van der Waals surface area contributed by atoms with Crippen LogP contribution in [0.3, 0.4) is 0 Å². The van der Waals surface area contributed by atoms with Crippen molar-refractivity contribution in [2.24, 2.45) is 0 Å². The van der Waals surface area contributed by atoms with Crippen molar-refractivity contribution < 1.29 is 4.79 Å². The molecule has 0 spiro atoms. The Morgan fingerprint density at radius 3 is 2.71 bits per heavy atom. The summed E-state index contributed by atoms with van der Waals surface area (Å²) in [7, 11) is 0. The largest absolute Gasteiger partial charge is 0.321 e. The number of nitrogens with one attached hydrogen (secondary N) is 1. The lowest BCUT2D eigenvalue weighted by Crippen LogP contribution is -2.10. The Kier molecular flexibility index (Phi) is 3.86. The molecule has 1 heterocycles. The monoisotopic (exact) mass is 329 g/mol. The first-order chi connectivity index (χ1) is 8.06. The number of hydrogen-bond acceptors (Lipinski definition) is 2. The third kappa shape index (κ3) is 3.09. The summed E-state index contributed by atoms with van der Waals surface area (Å²) in [6.45, 7) is 1.97. The maximum absolute atomic E-state index is 11.9. The minimum Gasteiger partial charge on any atom is -0.321 e. The van der Waals surface area contributed by atoms with Crippen LogP contribution in [0.15, 0.2) is 34.8 Å². The van der Waals surface area contributed by atoms with Crippen molar-refractivity contribution >= 4 is 50.5 Å². The fourth-order valence-electron chi connectivity index (χ4n) is 1.35. The minimum atomic E-state index is -0.136. The second-order valence-electron chi connectivity index (χ2n) is 3.52. The van der Waals surface area contributed by atoms with E-state index in [1.54, 1.807) is 12.1 Å². The van der Waals surface area contributed by atoms with Gasteiger partial charge in [-0.25, -0.2) is 0 Å². The van der Waals surface area contributed by atoms with Crippen molar-refractivity contribution in [2.75, 3.05) is 5.32 Å². The highest BCUT2D eigenvalue weighted by atomic mass is 79.9. The predicted molar refractivity (Wildman–Crippen MR) is 76.2 cm³/mol. The number of benzene rings is 1. The van der Waals surface area contributed by atoms with Gasteiger partial charge >= 0.3 is 0 Å². The van der Waals surface area contributed by atoms with Crippen molar-refractivity contribution in [3.05, 3.63) is 49.6 Å². The van der Waals surface area contributed by atoms with E-state index in [1.165, 1.54) is 11.3 Å². The standard InChI is InChI=1S/C12H9BrClNOS/c1-7-6-8(2-3-9(7)13)15-12(16)10-4-5-11(14)17-10/h2-6H,1H3,(H,15,16). The van der Waals surface area contributed by atoms with Crippen LogP contribution in [0.1, 0.15) is 15.2 Å². The van der Waals surface area contributed by atoms with Gasteiger partial charge in [0.25, 0.3) is 5.91 Å². The topological polar surface area (TPSA) is 29.1 Å². The van der Waals surface area contributed by atoms with Gasteiger partial charge in [0.05, 0.1) is 9.21 Å². The molecular weight excluding hydrogens is 322 g/mol. The van der Waals surface area contributed by atoms with Crippen LogP contribution in [0, 0.1) is 6.92 Å². The molecule has 88 valence electrons. The van der Waals surface area contributed by atoms with Crippen LogP contribution in [0.25, 0.3) is 0 Å². The highest BCUT2D eigenvalue weighted by molar-refractivity contribution is 9.10. The molecule has 1 aromatic heterocycles. The van der Waals surface area contributed by atoms with E-state index in [2.05, 4.69) is 21.2 Å². The lowest BCUT2D eigenvalue weighted by molar-refractivity contribution is 0.103. The molecule has 2 nitrogen and oxygen atoms in total. The van der Waals surface area contributed by atoms with Gasteiger partial charge in [-0.2, -0.15) is 0 Å². The number of rotatable bonds is 2. The molecule has 0 saturated heterocycles. The van der Waals surface area contributed by atoms with Gasteiger partial charge in [0, 0.05) is 10.2 Å². The van der Waals surface area contributed by atoms with Gasteiger partial charge in [-0.1, -0.05) is 27.5 Å². The molecule has 0 aliphatic rings. The highest BCUT2D eigenvalue weighted by Gasteiger charge is 2.09. The molecule has 5 heteroatoms. The third-order valence-electron chi connectivity index (χ3n) is 2.21. The van der Waals surface area contributed by atoms with E-state index in [9.17, 15) is 4.79 Å². The minimum absolute atomic E-state index is 0.136. The average molecular weight is 331 g/mol. The Morgan fingerprint density at radius 1 is 1.35 bits per heavy atom. The Bertz CT molecular complexity index is 567. The Hall–Kier alpha value is -0.840. The van der Waals surface area contributed by atoms with E-state index in [0.717, 1.165) is 15.7 Å². The van der Waals surface area contributed by atoms with Crippen molar-refractivity contribution in [1.82, 2.24) is 0 Å². The molecule has 0 saturated carbocycles. The number of carbonyl (C=O) groups is 1. The molecule has 0 bridgehead atoms. The normalized spacial score (nSPS) is 10.3. The summed E-state index contributed by atoms with van der Waals surface area (Å²) < 4.78 is 1.64. The van der Waals surface area contributed by atoms with Gasteiger partial charge in [-0.15, -0.1) is 11.3 Å². The number of carbonyl (C=O) groups excluding carboxylic acids is 1. The lowest BCUT2D eigenvalue weighted by atomic mass is 10.2. The Labute approximate surface area is 117 Å². The highest BCUT2D eigenvalue weighted by Crippen LogP contribution is 2.24. The third-order valence-corrected chi connectivity index (χ3v) is 4.33. The molecule has 0 atom stereocenters. The van der Waals surface area contributed by atoms with Crippen molar-refractivity contribution in [2.45, 2.75) is 6.92 Å². The molecule has 0 radical (unpaired) electrons.